The second kappa shape index (κ2) is 5.44. The summed E-state index contributed by atoms with van der Waals surface area (Å²) in [5, 5.41) is 13.1. The van der Waals surface area contributed by atoms with E-state index in [1.165, 1.54) is 6.33 Å². The fourth-order valence-corrected chi connectivity index (χ4v) is 1.70. The van der Waals surface area contributed by atoms with Crippen molar-refractivity contribution in [3.63, 3.8) is 0 Å². The van der Waals surface area contributed by atoms with Gasteiger partial charge in [0.05, 0.1) is 5.69 Å². The first kappa shape index (κ1) is 12.3. The Bertz CT molecular complexity index is 498. The zero-order valence-corrected chi connectivity index (χ0v) is 10.4. The monoisotopic (exact) mass is 249 g/mol. The first-order chi connectivity index (χ1) is 8.68. The highest BCUT2D eigenvalue weighted by Crippen LogP contribution is 2.11. The van der Waals surface area contributed by atoms with Crippen molar-refractivity contribution < 1.29 is 9.32 Å². The van der Waals surface area contributed by atoms with E-state index in [0.717, 1.165) is 18.7 Å². The van der Waals surface area contributed by atoms with Crippen LogP contribution in [0.5, 0.6) is 0 Å². The molecule has 0 bridgehead atoms. The molecule has 96 valence electrons. The topological polar surface area (TPSA) is 96.7 Å². The Labute approximate surface area is 104 Å². The van der Waals surface area contributed by atoms with Crippen LogP contribution in [-0.4, -0.2) is 32.8 Å². The summed E-state index contributed by atoms with van der Waals surface area (Å²) in [5.74, 6) is 1.21. The minimum absolute atomic E-state index is 0.149. The molecule has 1 amide bonds. The standard InChI is InChI=1S/C11H15N5O2/c1-7-10(8(2)18-16-7)11(17)12-5-3-4-9-13-6-14-15-9/h6H,3-5H2,1-2H3,(H,12,17)(H,13,14,15). The fraction of sp³-hybridized carbons (Fsp3) is 0.455. The zero-order chi connectivity index (χ0) is 13.0. The van der Waals surface area contributed by atoms with E-state index in [0.29, 0.717) is 23.6 Å². The van der Waals surface area contributed by atoms with Gasteiger partial charge in [-0.25, -0.2) is 4.98 Å². The van der Waals surface area contributed by atoms with E-state index in [1.54, 1.807) is 13.8 Å². The Kier molecular flexibility index (Phi) is 3.71. The summed E-state index contributed by atoms with van der Waals surface area (Å²) in [6.45, 7) is 4.05. The average molecular weight is 249 g/mol. The quantitative estimate of drug-likeness (QED) is 0.763. The van der Waals surface area contributed by atoms with Crippen molar-refractivity contribution >= 4 is 5.91 Å². The molecule has 0 aliphatic heterocycles. The van der Waals surface area contributed by atoms with E-state index < -0.39 is 0 Å². The van der Waals surface area contributed by atoms with Crippen LogP contribution in [0.25, 0.3) is 0 Å². The van der Waals surface area contributed by atoms with Crippen molar-refractivity contribution in [2.24, 2.45) is 0 Å². The van der Waals surface area contributed by atoms with Gasteiger partial charge in [-0.1, -0.05) is 5.16 Å². The molecule has 0 unspecified atom stereocenters. The zero-order valence-electron chi connectivity index (χ0n) is 10.4. The van der Waals surface area contributed by atoms with Crippen molar-refractivity contribution in [2.75, 3.05) is 6.54 Å². The van der Waals surface area contributed by atoms with Crippen LogP contribution in [0.3, 0.4) is 0 Å². The Morgan fingerprint density at radius 2 is 2.33 bits per heavy atom. The Morgan fingerprint density at radius 1 is 1.50 bits per heavy atom. The van der Waals surface area contributed by atoms with Crippen molar-refractivity contribution in [2.45, 2.75) is 26.7 Å². The predicted octanol–water partition coefficient (Wildman–Crippen LogP) is 0.772. The summed E-state index contributed by atoms with van der Waals surface area (Å²) in [7, 11) is 0. The molecular formula is C11H15N5O2. The smallest absolute Gasteiger partial charge is 0.256 e. The number of nitrogens with zero attached hydrogens (tertiary/aromatic N) is 3. The first-order valence-corrected chi connectivity index (χ1v) is 5.74. The van der Waals surface area contributed by atoms with Crippen molar-refractivity contribution in [1.29, 1.82) is 0 Å². The Morgan fingerprint density at radius 3 is 2.94 bits per heavy atom. The number of aryl methyl sites for hydroxylation is 3. The van der Waals surface area contributed by atoms with Gasteiger partial charge in [0, 0.05) is 13.0 Å². The summed E-state index contributed by atoms with van der Waals surface area (Å²) >= 11 is 0. The van der Waals surface area contributed by atoms with Gasteiger partial charge in [-0.2, -0.15) is 5.10 Å². The van der Waals surface area contributed by atoms with Crippen LogP contribution in [0.4, 0.5) is 0 Å². The normalized spacial score (nSPS) is 10.6. The summed E-state index contributed by atoms with van der Waals surface area (Å²) in [6.07, 6.45) is 3.02. The minimum atomic E-state index is -0.149. The number of hydrogen-bond acceptors (Lipinski definition) is 5. The fourth-order valence-electron chi connectivity index (χ4n) is 1.70. The van der Waals surface area contributed by atoms with Gasteiger partial charge >= 0.3 is 0 Å². The Hall–Kier alpha value is -2.18. The van der Waals surface area contributed by atoms with Gasteiger partial charge in [-0.05, 0) is 20.3 Å². The molecule has 2 heterocycles. The molecule has 2 rings (SSSR count). The van der Waals surface area contributed by atoms with Crippen molar-refractivity contribution in [3.05, 3.63) is 29.2 Å². The van der Waals surface area contributed by atoms with Gasteiger partial charge in [0.2, 0.25) is 0 Å². The summed E-state index contributed by atoms with van der Waals surface area (Å²) in [6, 6.07) is 0. The first-order valence-electron chi connectivity index (χ1n) is 5.74. The lowest BCUT2D eigenvalue weighted by molar-refractivity contribution is 0.0951. The van der Waals surface area contributed by atoms with Crippen LogP contribution in [0, 0.1) is 13.8 Å². The van der Waals surface area contributed by atoms with Crippen LogP contribution in [0.15, 0.2) is 10.9 Å². The number of nitrogens with one attached hydrogen (secondary N) is 2. The van der Waals surface area contributed by atoms with Gasteiger partial charge in [-0.15, -0.1) is 0 Å². The molecule has 0 aliphatic rings. The van der Waals surface area contributed by atoms with Crippen LogP contribution in [0.1, 0.15) is 34.1 Å². The third kappa shape index (κ3) is 2.73. The highest BCUT2D eigenvalue weighted by molar-refractivity contribution is 5.96. The molecule has 2 N–H and O–H groups in total. The van der Waals surface area contributed by atoms with E-state index in [-0.39, 0.29) is 5.91 Å². The van der Waals surface area contributed by atoms with E-state index in [2.05, 4.69) is 25.7 Å². The van der Waals surface area contributed by atoms with Crippen molar-refractivity contribution in [3.8, 4) is 0 Å². The maximum absolute atomic E-state index is 11.9. The highest BCUT2D eigenvalue weighted by Gasteiger charge is 2.16. The van der Waals surface area contributed by atoms with Crippen molar-refractivity contribution in [1.82, 2.24) is 25.7 Å². The number of H-pyrrole nitrogens is 1. The average Bonchev–Trinajstić information content (AvgIpc) is 2.95. The molecule has 0 aliphatic carbocycles. The summed E-state index contributed by atoms with van der Waals surface area (Å²) in [5.41, 5.74) is 1.13. The molecule has 0 aromatic carbocycles. The lowest BCUT2D eigenvalue weighted by atomic mass is 10.2. The van der Waals surface area contributed by atoms with Crippen LogP contribution >= 0.6 is 0 Å². The maximum atomic E-state index is 11.9. The predicted molar refractivity (Wildman–Crippen MR) is 63.0 cm³/mol. The van der Waals surface area contributed by atoms with E-state index in [4.69, 9.17) is 4.52 Å². The molecule has 0 saturated carbocycles. The van der Waals surface area contributed by atoms with Gasteiger partial charge in [0.15, 0.2) is 0 Å². The van der Waals surface area contributed by atoms with Gasteiger partial charge in [-0.3, -0.25) is 9.89 Å². The number of carbonyl (C=O) groups is 1. The molecule has 0 spiro atoms. The highest BCUT2D eigenvalue weighted by atomic mass is 16.5. The summed E-state index contributed by atoms with van der Waals surface area (Å²) < 4.78 is 4.95. The molecule has 0 fully saturated rings. The molecule has 0 saturated heterocycles. The molecule has 2 aromatic rings. The number of aromatic amines is 1. The third-order valence-corrected chi connectivity index (χ3v) is 2.60. The van der Waals surface area contributed by atoms with Crippen LogP contribution in [0.2, 0.25) is 0 Å². The number of hydrogen-bond donors (Lipinski definition) is 2. The minimum Gasteiger partial charge on any atom is -0.361 e. The van der Waals surface area contributed by atoms with E-state index >= 15 is 0 Å². The SMILES string of the molecule is Cc1noc(C)c1C(=O)NCCCc1ncn[nH]1. The summed E-state index contributed by atoms with van der Waals surface area (Å²) in [4.78, 5) is 15.9. The largest absolute Gasteiger partial charge is 0.361 e. The number of rotatable bonds is 5. The van der Waals surface area contributed by atoms with E-state index in [9.17, 15) is 4.79 Å². The van der Waals surface area contributed by atoms with Gasteiger partial charge < -0.3 is 9.84 Å². The van der Waals surface area contributed by atoms with E-state index in [1.807, 2.05) is 0 Å². The molecule has 2 aromatic heterocycles. The molecular weight excluding hydrogens is 234 g/mol. The molecule has 7 heteroatoms. The van der Waals surface area contributed by atoms with Crippen LogP contribution < -0.4 is 5.32 Å². The number of aromatic nitrogens is 4. The lowest BCUT2D eigenvalue weighted by Gasteiger charge is -2.03. The lowest BCUT2D eigenvalue weighted by Crippen LogP contribution is -2.25. The second-order valence-corrected chi connectivity index (χ2v) is 3.99. The third-order valence-electron chi connectivity index (χ3n) is 2.60. The molecule has 0 atom stereocenters. The number of amides is 1. The Balaban J connectivity index is 1.79. The van der Waals surface area contributed by atoms with Gasteiger partial charge in [0.25, 0.3) is 5.91 Å². The number of carbonyl (C=O) groups excluding carboxylic acids is 1. The van der Waals surface area contributed by atoms with Gasteiger partial charge in [0.1, 0.15) is 23.5 Å². The maximum Gasteiger partial charge on any atom is 0.256 e. The second-order valence-electron chi connectivity index (χ2n) is 3.99. The molecule has 0 radical (unpaired) electrons. The molecule has 18 heavy (non-hydrogen) atoms. The van der Waals surface area contributed by atoms with Crippen LogP contribution in [-0.2, 0) is 6.42 Å². The molecule has 7 nitrogen and oxygen atoms in total.